The Labute approximate surface area is 150 Å². The first-order chi connectivity index (χ1) is 12.1. The fourth-order valence-corrected chi connectivity index (χ4v) is 3.30. The summed E-state index contributed by atoms with van der Waals surface area (Å²) < 4.78 is 7.59. The Morgan fingerprint density at radius 3 is 2.88 bits per heavy atom. The average Bonchev–Trinajstić information content (AvgIpc) is 3.18. The molecule has 0 spiro atoms. The second kappa shape index (κ2) is 6.07. The van der Waals surface area contributed by atoms with Crippen LogP contribution in [0.4, 0.5) is 0 Å². The molecule has 4 rings (SSSR count). The van der Waals surface area contributed by atoms with Crippen LogP contribution in [0.15, 0.2) is 62.5 Å². The lowest BCUT2D eigenvalue weighted by Gasteiger charge is -2.06. The standard InChI is InChI=1S/C18H11BrN4O2/c19-14-3-1-2-11(6-14)9-23-10-13(8-20)15-7-12(4-5-16(15)23)17-21-18(24)25-22-17/h1-7,10H,9H2,(H,21,22,24). The number of halogens is 1. The molecular weight excluding hydrogens is 384 g/mol. The zero-order valence-corrected chi connectivity index (χ0v) is 14.4. The van der Waals surface area contributed by atoms with E-state index in [-0.39, 0.29) is 0 Å². The number of nitrogens with zero attached hydrogens (tertiary/aromatic N) is 3. The van der Waals surface area contributed by atoms with E-state index in [2.05, 4.69) is 36.7 Å². The third-order valence-corrected chi connectivity index (χ3v) is 4.45. The summed E-state index contributed by atoms with van der Waals surface area (Å²) in [6.45, 7) is 0.651. The van der Waals surface area contributed by atoms with Crippen LogP contribution in [0.3, 0.4) is 0 Å². The van der Waals surface area contributed by atoms with Crippen LogP contribution in [0.1, 0.15) is 11.1 Å². The number of aromatic nitrogens is 3. The zero-order valence-electron chi connectivity index (χ0n) is 12.9. The normalized spacial score (nSPS) is 10.9. The number of fused-ring (bicyclic) bond motifs is 1. The van der Waals surface area contributed by atoms with E-state index in [1.807, 2.05) is 53.2 Å². The van der Waals surface area contributed by atoms with Crippen LogP contribution in [-0.2, 0) is 6.54 Å². The average molecular weight is 395 g/mol. The number of aromatic amines is 1. The fourth-order valence-electron chi connectivity index (χ4n) is 2.85. The predicted molar refractivity (Wildman–Crippen MR) is 96.0 cm³/mol. The number of hydrogen-bond acceptors (Lipinski definition) is 4. The molecule has 0 fully saturated rings. The van der Waals surface area contributed by atoms with Gasteiger partial charge in [-0.15, -0.1) is 0 Å². The van der Waals surface area contributed by atoms with Gasteiger partial charge >= 0.3 is 5.76 Å². The summed E-state index contributed by atoms with van der Waals surface area (Å²) in [5.41, 5.74) is 3.32. The molecule has 0 atom stereocenters. The van der Waals surface area contributed by atoms with Gasteiger partial charge in [0.2, 0.25) is 0 Å². The summed E-state index contributed by atoms with van der Waals surface area (Å²) in [4.78, 5) is 13.7. The van der Waals surface area contributed by atoms with Crippen molar-refractivity contribution < 1.29 is 4.52 Å². The topological polar surface area (TPSA) is 87.6 Å². The van der Waals surface area contributed by atoms with E-state index in [0.717, 1.165) is 20.9 Å². The molecule has 2 heterocycles. The van der Waals surface area contributed by atoms with Crippen LogP contribution in [0.5, 0.6) is 0 Å². The molecule has 7 heteroatoms. The largest absolute Gasteiger partial charge is 0.439 e. The first-order valence-corrected chi connectivity index (χ1v) is 8.27. The Morgan fingerprint density at radius 2 is 2.16 bits per heavy atom. The van der Waals surface area contributed by atoms with Crippen LogP contribution in [0.25, 0.3) is 22.3 Å². The van der Waals surface area contributed by atoms with Crippen molar-refractivity contribution in [3.8, 4) is 17.5 Å². The Kier molecular flexibility index (Phi) is 3.75. The van der Waals surface area contributed by atoms with Gasteiger partial charge in [-0.3, -0.25) is 9.51 Å². The van der Waals surface area contributed by atoms with Gasteiger partial charge in [-0.1, -0.05) is 33.2 Å². The van der Waals surface area contributed by atoms with E-state index in [4.69, 9.17) is 0 Å². The molecule has 0 aliphatic rings. The van der Waals surface area contributed by atoms with E-state index in [1.54, 1.807) is 0 Å². The smallest absolute Gasteiger partial charge is 0.342 e. The summed E-state index contributed by atoms with van der Waals surface area (Å²) >= 11 is 3.48. The van der Waals surface area contributed by atoms with Crippen molar-refractivity contribution in [2.24, 2.45) is 0 Å². The third-order valence-electron chi connectivity index (χ3n) is 3.96. The lowest BCUT2D eigenvalue weighted by Crippen LogP contribution is -1.98. The molecule has 1 N–H and O–H groups in total. The van der Waals surface area contributed by atoms with Crippen molar-refractivity contribution in [2.75, 3.05) is 0 Å². The molecule has 0 aliphatic heterocycles. The maximum Gasteiger partial charge on any atom is 0.439 e. The van der Waals surface area contributed by atoms with Gasteiger partial charge in [0.1, 0.15) is 6.07 Å². The SMILES string of the molecule is N#Cc1cn(Cc2cccc(Br)c2)c2ccc(-c3noc(=O)[nH]3)cc12. The monoisotopic (exact) mass is 394 g/mol. The van der Waals surface area contributed by atoms with Crippen LogP contribution in [0.2, 0.25) is 0 Å². The summed E-state index contributed by atoms with van der Waals surface area (Å²) in [6, 6.07) is 15.9. The van der Waals surface area contributed by atoms with Gasteiger partial charge in [0.25, 0.3) is 0 Å². The molecule has 0 aliphatic carbocycles. The Bertz CT molecular complexity index is 1180. The second-order valence-electron chi connectivity index (χ2n) is 5.59. The van der Waals surface area contributed by atoms with E-state index >= 15 is 0 Å². The van der Waals surface area contributed by atoms with Crippen molar-refractivity contribution in [1.29, 1.82) is 5.26 Å². The van der Waals surface area contributed by atoms with Crippen molar-refractivity contribution >= 4 is 26.8 Å². The van der Waals surface area contributed by atoms with E-state index in [0.29, 0.717) is 23.5 Å². The number of hydrogen-bond donors (Lipinski definition) is 1. The molecule has 122 valence electrons. The molecule has 0 unspecified atom stereocenters. The van der Waals surface area contributed by atoms with Crippen molar-refractivity contribution in [3.05, 3.63) is 74.8 Å². The molecule has 2 aromatic heterocycles. The number of nitrogens with one attached hydrogen (secondary N) is 1. The predicted octanol–water partition coefficient (Wildman–Crippen LogP) is 3.67. The quantitative estimate of drug-likeness (QED) is 0.574. The summed E-state index contributed by atoms with van der Waals surface area (Å²) in [5, 5.41) is 14.0. The second-order valence-corrected chi connectivity index (χ2v) is 6.50. The molecule has 6 nitrogen and oxygen atoms in total. The van der Waals surface area contributed by atoms with E-state index < -0.39 is 5.76 Å². The maximum absolute atomic E-state index is 11.1. The minimum Gasteiger partial charge on any atom is -0.342 e. The van der Waals surface area contributed by atoms with Crippen LogP contribution < -0.4 is 5.76 Å². The zero-order chi connectivity index (χ0) is 17.4. The van der Waals surface area contributed by atoms with Crippen LogP contribution >= 0.6 is 15.9 Å². The van der Waals surface area contributed by atoms with Crippen molar-refractivity contribution in [3.63, 3.8) is 0 Å². The first-order valence-electron chi connectivity index (χ1n) is 7.48. The maximum atomic E-state index is 11.1. The molecule has 0 saturated carbocycles. The summed E-state index contributed by atoms with van der Waals surface area (Å²) in [6.07, 6.45) is 1.83. The molecule has 25 heavy (non-hydrogen) atoms. The van der Waals surface area contributed by atoms with Gasteiger partial charge in [-0.25, -0.2) is 4.79 Å². The molecule has 0 amide bonds. The highest BCUT2D eigenvalue weighted by atomic mass is 79.9. The lowest BCUT2D eigenvalue weighted by atomic mass is 10.1. The van der Waals surface area contributed by atoms with Crippen LogP contribution in [-0.4, -0.2) is 14.7 Å². The van der Waals surface area contributed by atoms with Gasteiger partial charge in [0, 0.05) is 33.7 Å². The molecule has 0 saturated heterocycles. The van der Waals surface area contributed by atoms with Gasteiger partial charge in [-0.05, 0) is 35.9 Å². The molecule has 0 bridgehead atoms. The minimum atomic E-state index is -0.608. The van der Waals surface area contributed by atoms with Crippen molar-refractivity contribution in [1.82, 2.24) is 14.7 Å². The number of rotatable bonds is 3. The van der Waals surface area contributed by atoms with Gasteiger partial charge < -0.3 is 4.57 Å². The minimum absolute atomic E-state index is 0.343. The van der Waals surface area contributed by atoms with Gasteiger partial charge in [0.15, 0.2) is 5.82 Å². The highest BCUT2D eigenvalue weighted by molar-refractivity contribution is 9.10. The Balaban J connectivity index is 1.81. The van der Waals surface area contributed by atoms with Gasteiger partial charge in [-0.2, -0.15) is 5.26 Å². The van der Waals surface area contributed by atoms with Crippen molar-refractivity contribution in [2.45, 2.75) is 6.54 Å². The fraction of sp³-hybridized carbons (Fsp3) is 0.0556. The lowest BCUT2D eigenvalue weighted by molar-refractivity contribution is 0.388. The first kappa shape index (κ1) is 15.4. The Hall–Kier alpha value is -3.11. The highest BCUT2D eigenvalue weighted by Gasteiger charge is 2.12. The summed E-state index contributed by atoms with van der Waals surface area (Å²) in [7, 11) is 0. The van der Waals surface area contributed by atoms with E-state index in [1.165, 1.54) is 0 Å². The third kappa shape index (κ3) is 2.88. The molecule has 4 aromatic rings. The molecule has 0 radical (unpaired) electrons. The summed E-state index contributed by atoms with van der Waals surface area (Å²) in [5.74, 6) is -0.265. The molecule has 2 aromatic carbocycles. The van der Waals surface area contributed by atoms with Crippen LogP contribution in [0, 0.1) is 11.3 Å². The number of H-pyrrole nitrogens is 1. The number of nitriles is 1. The molecular formula is C18H11BrN4O2. The van der Waals surface area contributed by atoms with Gasteiger partial charge in [0.05, 0.1) is 5.56 Å². The highest BCUT2D eigenvalue weighted by Crippen LogP contribution is 2.27. The number of benzene rings is 2. The van der Waals surface area contributed by atoms with E-state index in [9.17, 15) is 10.1 Å². The Morgan fingerprint density at radius 1 is 1.28 bits per heavy atom.